The molecule has 0 bridgehead atoms. The first-order valence-electron chi connectivity index (χ1n) is 6.74. The van der Waals surface area contributed by atoms with Crippen molar-refractivity contribution >= 4 is 40.5 Å². The molecule has 3 heterocycles. The first kappa shape index (κ1) is 15.7. The number of esters is 1. The number of ether oxygens (including phenoxy) is 1. The first-order valence-corrected chi connectivity index (χ1v) is 8.32. The number of halogens is 2. The summed E-state index contributed by atoms with van der Waals surface area (Å²) in [7, 11) is 0. The molecule has 0 saturated carbocycles. The number of nitrogens with zero attached hydrogens (tertiary/aromatic N) is 3. The van der Waals surface area contributed by atoms with Crippen molar-refractivity contribution in [2.45, 2.75) is 20.0 Å². The number of aromatic nitrogens is 2. The summed E-state index contributed by atoms with van der Waals surface area (Å²) in [6, 6.07) is 2.05. The van der Waals surface area contributed by atoms with Crippen LogP contribution in [0.4, 0.5) is 0 Å². The maximum absolute atomic E-state index is 11.5. The smallest absolute Gasteiger partial charge is 0.320 e. The molecule has 0 fully saturated rings. The van der Waals surface area contributed by atoms with Crippen LogP contribution in [-0.4, -0.2) is 34.0 Å². The summed E-state index contributed by atoms with van der Waals surface area (Å²) in [6.45, 7) is 3.98. The molecule has 5 nitrogen and oxygen atoms in total. The molecular formula is C14H13Cl2N3O2S. The molecule has 0 N–H and O–H groups in total. The number of rotatable bonds is 4. The van der Waals surface area contributed by atoms with E-state index in [4.69, 9.17) is 27.9 Å². The number of hydrogen-bond donors (Lipinski definition) is 0. The highest BCUT2D eigenvalue weighted by Crippen LogP contribution is 2.38. The van der Waals surface area contributed by atoms with Crippen molar-refractivity contribution in [3.8, 4) is 10.6 Å². The van der Waals surface area contributed by atoms with E-state index in [-0.39, 0.29) is 11.3 Å². The van der Waals surface area contributed by atoms with Crippen LogP contribution in [-0.2, 0) is 22.6 Å². The van der Waals surface area contributed by atoms with Crippen LogP contribution in [0.3, 0.4) is 0 Å². The van der Waals surface area contributed by atoms with Crippen molar-refractivity contribution in [1.29, 1.82) is 0 Å². The molecule has 0 unspecified atom stereocenters. The largest absolute Gasteiger partial charge is 0.465 e. The van der Waals surface area contributed by atoms with Crippen LogP contribution < -0.4 is 0 Å². The van der Waals surface area contributed by atoms with Gasteiger partial charge in [0, 0.05) is 18.0 Å². The number of thiophene rings is 1. The van der Waals surface area contributed by atoms with Crippen molar-refractivity contribution < 1.29 is 9.53 Å². The third kappa shape index (κ3) is 3.25. The van der Waals surface area contributed by atoms with Crippen molar-refractivity contribution in [1.82, 2.24) is 14.9 Å². The number of carbonyl (C=O) groups excluding carboxylic acids is 1. The van der Waals surface area contributed by atoms with Gasteiger partial charge in [-0.25, -0.2) is 9.97 Å². The van der Waals surface area contributed by atoms with Crippen LogP contribution in [0.1, 0.15) is 17.4 Å². The van der Waals surface area contributed by atoms with E-state index in [0.717, 1.165) is 18.0 Å². The molecule has 2 aromatic rings. The average Bonchev–Trinajstić information content (AvgIpc) is 2.99. The maximum atomic E-state index is 11.5. The number of carbonyl (C=O) groups is 1. The van der Waals surface area contributed by atoms with Crippen LogP contribution in [0.25, 0.3) is 10.6 Å². The lowest BCUT2D eigenvalue weighted by Gasteiger charge is -2.13. The van der Waals surface area contributed by atoms with E-state index >= 15 is 0 Å². The van der Waals surface area contributed by atoms with Gasteiger partial charge in [0.2, 0.25) is 5.28 Å². The van der Waals surface area contributed by atoms with Gasteiger partial charge < -0.3 is 4.74 Å². The molecule has 0 radical (unpaired) electrons. The Labute approximate surface area is 141 Å². The highest BCUT2D eigenvalue weighted by atomic mass is 35.5. The second-order valence-electron chi connectivity index (χ2n) is 4.84. The van der Waals surface area contributed by atoms with Gasteiger partial charge in [0.05, 0.1) is 29.2 Å². The monoisotopic (exact) mass is 357 g/mol. The molecule has 0 aromatic carbocycles. The van der Waals surface area contributed by atoms with E-state index in [1.807, 2.05) is 6.92 Å². The predicted molar refractivity (Wildman–Crippen MR) is 86.1 cm³/mol. The molecule has 0 amide bonds. The molecule has 2 aromatic heterocycles. The SMILES string of the molecule is CCOC(=O)CN1Cc2cc(-c3nc(Cl)ncc3Cl)sc2C1. The van der Waals surface area contributed by atoms with E-state index in [0.29, 0.717) is 23.9 Å². The van der Waals surface area contributed by atoms with E-state index < -0.39 is 0 Å². The fraction of sp³-hybridized carbons (Fsp3) is 0.357. The Kier molecular flexibility index (Phi) is 4.63. The molecule has 22 heavy (non-hydrogen) atoms. The molecule has 0 spiro atoms. The zero-order valence-electron chi connectivity index (χ0n) is 11.8. The van der Waals surface area contributed by atoms with Gasteiger partial charge >= 0.3 is 5.97 Å². The maximum Gasteiger partial charge on any atom is 0.320 e. The minimum atomic E-state index is -0.191. The standard InChI is InChI=1S/C14H13Cl2N3O2S/c1-2-21-12(20)7-19-5-8-3-10(22-11(8)6-19)13-9(15)4-17-14(16)18-13/h3-4H,2,5-7H2,1H3. The Morgan fingerprint density at radius 2 is 2.27 bits per heavy atom. The lowest BCUT2D eigenvalue weighted by molar-refractivity contribution is -0.144. The van der Waals surface area contributed by atoms with Gasteiger partial charge in [-0.15, -0.1) is 11.3 Å². The van der Waals surface area contributed by atoms with E-state index in [2.05, 4.69) is 20.9 Å². The van der Waals surface area contributed by atoms with Crippen LogP contribution >= 0.6 is 34.5 Å². The van der Waals surface area contributed by atoms with Gasteiger partial charge in [0.1, 0.15) is 5.69 Å². The predicted octanol–water partition coefficient (Wildman–Crippen LogP) is 3.39. The van der Waals surface area contributed by atoms with Gasteiger partial charge in [-0.1, -0.05) is 11.6 Å². The number of fused-ring (bicyclic) bond motifs is 1. The van der Waals surface area contributed by atoms with Crippen molar-refractivity contribution in [2.75, 3.05) is 13.2 Å². The van der Waals surface area contributed by atoms with Gasteiger partial charge in [-0.2, -0.15) is 0 Å². The molecule has 3 rings (SSSR count). The molecule has 1 aliphatic rings. The fourth-order valence-corrected chi connectivity index (χ4v) is 3.97. The third-order valence-electron chi connectivity index (χ3n) is 3.26. The highest BCUT2D eigenvalue weighted by Gasteiger charge is 2.25. The Bertz CT molecular complexity index is 697. The Morgan fingerprint density at radius 3 is 3.00 bits per heavy atom. The Morgan fingerprint density at radius 1 is 1.45 bits per heavy atom. The molecule has 1 aliphatic heterocycles. The van der Waals surface area contributed by atoms with Gasteiger partial charge in [0.25, 0.3) is 0 Å². The van der Waals surface area contributed by atoms with E-state index in [9.17, 15) is 4.79 Å². The summed E-state index contributed by atoms with van der Waals surface area (Å²) >= 11 is 13.6. The fourth-order valence-electron chi connectivity index (χ4n) is 2.37. The van der Waals surface area contributed by atoms with Crippen LogP contribution in [0.2, 0.25) is 10.3 Å². The number of hydrogen-bond acceptors (Lipinski definition) is 6. The van der Waals surface area contributed by atoms with Gasteiger partial charge in [-0.05, 0) is 30.2 Å². The first-order chi connectivity index (χ1) is 10.6. The van der Waals surface area contributed by atoms with Crippen LogP contribution in [0.5, 0.6) is 0 Å². The normalized spacial score (nSPS) is 14.1. The van der Waals surface area contributed by atoms with Crippen LogP contribution in [0.15, 0.2) is 12.3 Å². The zero-order valence-corrected chi connectivity index (χ0v) is 14.1. The second-order valence-corrected chi connectivity index (χ2v) is 6.73. The summed E-state index contributed by atoms with van der Waals surface area (Å²) in [5, 5.41) is 0.657. The lowest BCUT2D eigenvalue weighted by atomic mass is 10.2. The van der Waals surface area contributed by atoms with Crippen LogP contribution in [0, 0.1) is 0 Å². The van der Waals surface area contributed by atoms with E-state index in [1.54, 1.807) is 11.3 Å². The van der Waals surface area contributed by atoms with E-state index in [1.165, 1.54) is 16.6 Å². The minimum absolute atomic E-state index is 0.178. The van der Waals surface area contributed by atoms with Crippen molar-refractivity contribution in [3.63, 3.8) is 0 Å². The quantitative estimate of drug-likeness (QED) is 0.619. The molecule has 0 aliphatic carbocycles. The molecular weight excluding hydrogens is 345 g/mol. The summed E-state index contributed by atoms with van der Waals surface area (Å²) in [4.78, 5) is 23.8. The summed E-state index contributed by atoms with van der Waals surface area (Å²) < 4.78 is 4.97. The Balaban J connectivity index is 1.75. The molecule has 116 valence electrons. The molecule has 8 heteroatoms. The topological polar surface area (TPSA) is 55.3 Å². The summed E-state index contributed by atoms with van der Waals surface area (Å²) in [5.41, 5.74) is 1.84. The van der Waals surface area contributed by atoms with Crippen molar-refractivity contribution in [3.05, 3.63) is 33.0 Å². The second kappa shape index (κ2) is 6.50. The minimum Gasteiger partial charge on any atom is -0.465 e. The lowest BCUT2D eigenvalue weighted by Crippen LogP contribution is -2.26. The summed E-state index contributed by atoms with van der Waals surface area (Å²) in [6.07, 6.45) is 1.50. The van der Waals surface area contributed by atoms with Gasteiger partial charge in [-0.3, -0.25) is 9.69 Å². The van der Waals surface area contributed by atoms with Crippen molar-refractivity contribution in [2.24, 2.45) is 0 Å². The van der Waals surface area contributed by atoms with Gasteiger partial charge in [0.15, 0.2) is 0 Å². The Hall–Kier alpha value is -1.21. The third-order valence-corrected chi connectivity index (χ3v) is 4.89. The molecule has 0 atom stereocenters. The molecule has 0 saturated heterocycles. The highest BCUT2D eigenvalue weighted by molar-refractivity contribution is 7.15. The zero-order chi connectivity index (χ0) is 15.7. The summed E-state index contributed by atoms with van der Waals surface area (Å²) in [5.74, 6) is -0.191. The average molecular weight is 358 g/mol.